The van der Waals surface area contributed by atoms with Crippen molar-refractivity contribution in [2.24, 2.45) is 0 Å². The molecule has 30 heavy (non-hydrogen) atoms. The van der Waals surface area contributed by atoms with Gasteiger partial charge in [0.05, 0.1) is 26.5 Å². The molecule has 1 heterocycles. The zero-order chi connectivity index (χ0) is 21.3. The van der Waals surface area contributed by atoms with Crippen molar-refractivity contribution in [3.63, 3.8) is 0 Å². The molecule has 0 aromatic heterocycles. The maximum Gasteiger partial charge on any atom is 0.255 e. The van der Waals surface area contributed by atoms with Gasteiger partial charge in [-0.15, -0.1) is 0 Å². The molecule has 156 valence electrons. The van der Waals surface area contributed by atoms with Crippen molar-refractivity contribution in [2.75, 3.05) is 26.1 Å². The average molecular weight is 409 g/mol. The van der Waals surface area contributed by atoms with E-state index in [0.717, 1.165) is 12.8 Å². The van der Waals surface area contributed by atoms with Gasteiger partial charge < -0.3 is 25.0 Å². The van der Waals surface area contributed by atoms with E-state index in [1.807, 2.05) is 6.07 Å². The van der Waals surface area contributed by atoms with Crippen LogP contribution in [-0.4, -0.2) is 49.4 Å². The van der Waals surface area contributed by atoms with E-state index in [9.17, 15) is 14.4 Å². The van der Waals surface area contributed by atoms with Crippen LogP contribution in [0.15, 0.2) is 42.5 Å². The Bertz CT molecular complexity index is 1000. The molecule has 0 saturated heterocycles. The number of fused-ring (bicyclic) bond motifs is 1. The van der Waals surface area contributed by atoms with Crippen LogP contribution >= 0.6 is 0 Å². The van der Waals surface area contributed by atoms with Gasteiger partial charge >= 0.3 is 0 Å². The predicted octanol–water partition coefficient (Wildman–Crippen LogP) is 2.12. The fraction of sp³-hybridized carbons (Fsp3) is 0.318. The normalized spacial score (nSPS) is 17.3. The Hall–Kier alpha value is -3.55. The zero-order valence-electron chi connectivity index (χ0n) is 16.8. The fourth-order valence-corrected chi connectivity index (χ4v) is 3.70. The molecule has 0 spiro atoms. The van der Waals surface area contributed by atoms with Crippen LogP contribution in [0.2, 0.25) is 0 Å². The van der Waals surface area contributed by atoms with E-state index in [4.69, 9.17) is 9.47 Å². The van der Waals surface area contributed by atoms with E-state index in [-0.39, 0.29) is 24.4 Å². The van der Waals surface area contributed by atoms with Gasteiger partial charge in [-0.2, -0.15) is 0 Å². The van der Waals surface area contributed by atoms with Crippen molar-refractivity contribution in [1.29, 1.82) is 0 Å². The molecular formula is C22H23N3O5. The highest BCUT2D eigenvalue weighted by molar-refractivity contribution is 6.05. The summed E-state index contributed by atoms with van der Waals surface area (Å²) in [5.41, 5.74) is 1.67. The third kappa shape index (κ3) is 3.68. The zero-order valence-corrected chi connectivity index (χ0v) is 16.8. The first kappa shape index (κ1) is 19.8. The SMILES string of the molecule is COc1ccc(OC)c(NC(=O)CNC(=O)[C@H]2c3ccccc3C(=O)N2C2CC2)c1. The van der Waals surface area contributed by atoms with Crippen LogP contribution in [0.5, 0.6) is 11.5 Å². The quantitative estimate of drug-likeness (QED) is 0.730. The van der Waals surface area contributed by atoms with Gasteiger partial charge in [0, 0.05) is 17.7 Å². The van der Waals surface area contributed by atoms with Gasteiger partial charge in [0.15, 0.2) is 0 Å². The number of methoxy groups -OCH3 is 2. The minimum Gasteiger partial charge on any atom is -0.497 e. The number of anilines is 1. The number of rotatable bonds is 7. The second-order valence-electron chi connectivity index (χ2n) is 7.27. The molecule has 0 bridgehead atoms. The molecule has 1 aliphatic heterocycles. The molecule has 3 amide bonds. The molecule has 2 N–H and O–H groups in total. The number of amides is 3. The Balaban J connectivity index is 1.44. The third-order valence-electron chi connectivity index (χ3n) is 5.29. The topological polar surface area (TPSA) is 97.0 Å². The summed E-state index contributed by atoms with van der Waals surface area (Å²) in [6.45, 7) is -0.232. The number of hydrogen-bond donors (Lipinski definition) is 2. The average Bonchev–Trinajstić information content (AvgIpc) is 3.56. The van der Waals surface area contributed by atoms with E-state index >= 15 is 0 Å². The van der Waals surface area contributed by atoms with Crippen LogP contribution < -0.4 is 20.1 Å². The second-order valence-corrected chi connectivity index (χ2v) is 7.27. The summed E-state index contributed by atoms with van der Waals surface area (Å²) < 4.78 is 10.4. The van der Waals surface area contributed by atoms with Gasteiger partial charge in [0.2, 0.25) is 11.8 Å². The van der Waals surface area contributed by atoms with Crippen molar-refractivity contribution >= 4 is 23.4 Å². The lowest BCUT2D eigenvalue weighted by Gasteiger charge is -2.24. The summed E-state index contributed by atoms with van der Waals surface area (Å²) in [7, 11) is 3.03. The molecule has 1 fully saturated rings. The Morgan fingerprint density at radius 1 is 1.10 bits per heavy atom. The first-order chi connectivity index (χ1) is 14.5. The van der Waals surface area contributed by atoms with Crippen molar-refractivity contribution in [3.8, 4) is 11.5 Å². The van der Waals surface area contributed by atoms with E-state index < -0.39 is 11.9 Å². The number of benzene rings is 2. The smallest absolute Gasteiger partial charge is 0.255 e. The highest BCUT2D eigenvalue weighted by atomic mass is 16.5. The van der Waals surface area contributed by atoms with Crippen LogP contribution in [0, 0.1) is 0 Å². The standard InChI is InChI=1S/C22H23N3O5/c1-29-14-9-10-18(30-2)17(11-14)24-19(26)12-23-21(27)20-15-5-3-4-6-16(15)22(28)25(20)13-7-8-13/h3-6,9-11,13,20H,7-8,12H2,1-2H3,(H,23,27)(H,24,26)/t20-/m1/s1. The van der Waals surface area contributed by atoms with Crippen molar-refractivity contribution in [1.82, 2.24) is 10.2 Å². The molecule has 8 nitrogen and oxygen atoms in total. The van der Waals surface area contributed by atoms with E-state index in [1.165, 1.54) is 14.2 Å². The molecule has 1 atom stereocenters. The van der Waals surface area contributed by atoms with Gasteiger partial charge in [-0.05, 0) is 36.6 Å². The summed E-state index contributed by atoms with van der Waals surface area (Å²) in [6.07, 6.45) is 1.78. The Kier molecular flexibility index (Phi) is 5.31. The van der Waals surface area contributed by atoms with Crippen LogP contribution in [0.25, 0.3) is 0 Å². The monoisotopic (exact) mass is 409 g/mol. The third-order valence-corrected chi connectivity index (χ3v) is 5.29. The van der Waals surface area contributed by atoms with Crippen LogP contribution in [0.4, 0.5) is 5.69 Å². The lowest BCUT2D eigenvalue weighted by molar-refractivity contribution is -0.127. The summed E-state index contributed by atoms with van der Waals surface area (Å²) in [5, 5.41) is 5.39. The molecule has 2 aromatic carbocycles. The van der Waals surface area contributed by atoms with Gasteiger partial charge in [-0.3, -0.25) is 14.4 Å². The van der Waals surface area contributed by atoms with Crippen molar-refractivity contribution in [3.05, 3.63) is 53.6 Å². The van der Waals surface area contributed by atoms with Gasteiger partial charge in [-0.1, -0.05) is 18.2 Å². The predicted molar refractivity (Wildman–Crippen MR) is 110 cm³/mol. The Morgan fingerprint density at radius 3 is 2.57 bits per heavy atom. The summed E-state index contributed by atoms with van der Waals surface area (Å²) in [4.78, 5) is 39.8. The Morgan fingerprint density at radius 2 is 1.87 bits per heavy atom. The number of ether oxygens (including phenoxy) is 2. The minimum absolute atomic E-state index is 0.0792. The van der Waals surface area contributed by atoms with Crippen LogP contribution in [-0.2, 0) is 9.59 Å². The van der Waals surface area contributed by atoms with Crippen molar-refractivity contribution < 1.29 is 23.9 Å². The largest absolute Gasteiger partial charge is 0.497 e. The Labute approximate surface area is 174 Å². The lowest BCUT2D eigenvalue weighted by Crippen LogP contribution is -2.42. The molecule has 8 heteroatoms. The van der Waals surface area contributed by atoms with Gasteiger partial charge in [-0.25, -0.2) is 0 Å². The first-order valence-corrected chi connectivity index (χ1v) is 9.74. The lowest BCUT2D eigenvalue weighted by atomic mass is 10.0. The van der Waals surface area contributed by atoms with E-state index in [1.54, 1.807) is 41.3 Å². The van der Waals surface area contributed by atoms with Gasteiger partial charge in [0.25, 0.3) is 5.91 Å². The number of nitrogens with zero attached hydrogens (tertiary/aromatic N) is 1. The second kappa shape index (κ2) is 8.06. The van der Waals surface area contributed by atoms with Gasteiger partial charge in [0.1, 0.15) is 17.5 Å². The maximum absolute atomic E-state index is 12.9. The number of carbonyl (C=O) groups is 3. The molecule has 4 rings (SSSR count). The minimum atomic E-state index is -0.708. The van der Waals surface area contributed by atoms with Crippen molar-refractivity contribution in [2.45, 2.75) is 24.9 Å². The summed E-state index contributed by atoms with van der Waals surface area (Å²) in [6, 6.07) is 11.5. The number of carbonyl (C=O) groups excluding carboxylic acids is 3. The maximum atomic E-state index is 12.9. The summed E-state index contributed by atoms with van der Waals surface area (Å²) in [5.74, 6) is 0.138. The van der Waals surface area contributed by atoms with E-state index in [2.05, 4.69) is 10.6 Å². The molecular weight excluding hydrogens is 386 g/mol. The summed E-state index contributed by atoms with van der Waals surface area (Å²) >= 11 is 0. The number of hydrogen-bond acceptors (Lipinski definition) is 5. The molecule has 2 aromatic rings. The highest BCUT2D eigenvalue weighted by Gasteiger charge is 2.47. The molecule has 2 aliphatic rings. The molecule has 0 unspecified atom stereocenters. The number of nitrogens with one attached hydrogen (secondary N) is 2. The first-order valence-electron chi connectivity index (χ1n) is 9.74. The fourth-order valence-electron chi connectivity index (χ4n) is 3.70. The molecule has 1 aliphatic carbocycles. The van der Waals surface area contributed by atoms with Crippen LogP contribution in [0.1, 0.15) is 34.8 Å². The molecule has 0 radical (unpaired) electrons. The van der Waals surface area contributed by atoms with E-state index in [0.29, 0.717) is 28.3 Å². The molecule has 1 saturated carbocycles. The highest BCUT2D eigenvalue weighted by Crippen LogP contribution is 2.41. The van der Waals surface area contributed by atoms with Crippen LogP contribution in [0.3, 0.4) is 0 Å².